The summed E-state index contributed by atoms with van der Waals surface area (Å²) >= 11 is 0. The fourth-order valence-electron chi connectivity index (χ4n) is 2.40. The summed E-state index contributed by atoms with van der Waals surface area (Å²) < 4.78 is 0. The number of piperazine rings is 1. The fraction of sp³-hybridized carbons (Fsp3) is 0.471. The lowest BCUT2D eigenvalue weighted by Gasteiger charge is -2.37. The van der Waals surface area contributed by atoms with Crippen molar-refractivity contribution >= 4 is 17.7 Å². The molecule has 0 saturated carbocycles. The summed E-state index contributed by atoms with van der Waals surface area (Å²) in [6.07, 6.45) is 3.60. The van der Waals surface area contributed by atoms with E-state index >= 15 is 0 Å². The van der Waals surface area contributed by atoms with Crippen LogP contribution in [0, 0.1) is 0 Å². The SMILES string of the molecule is C=CCNC(=NCC(=O)N(C)C)N1CCN(c2ccccn2)CC1. The number of likely N-dealkylation sites (N-methyl/N-ethyl adjacent to an activating group) is 1. The molecule has 2 heterocycles. The van der Waals surface area contributed by atoms with Crippen LogP contribution in [-0.2, 0) is 4.79 Å². The zero-order valence-electron chi connectivity index (χ0n) is 14.5. The first-order valence-corrected chi connectivity index (χ1v) is 8.12. The average Bonchev–Trinajstić information content (AvgIpc) is 2.62. The highest BCUT2D eigenvalue weighted by Crippen LogP contribution is 2.12. The van der Waals surface area contributed by atoms with Crippen molar-refractivity contribution in [3.63, 3.8) is 0 Å². The number of aliphatic imine (C=N–C) groups is 1. The van der Waals surface area contributed by atoms with Crippen LogP contribution in [0.3, 0.4) is 0 Å². The number of rotatable bonds is 5. The largest absolute Gasteiger partial charge is 0.353 e. The maximum absolute atomic E-state index is 11.8. The van der Waals surface area contributed by atoms with Crippen molar-refractivity contribution in [3.05, 3.63) is 37.1 Å². The predicted molar refractivity (Wildman–Crippen MR) is 97.2 cm³/mol. The van der Waals surface area contributed by atoms with E-state index < -0.39 is 0 Å². The van der Waals surface area contributed by atoms with Gasteiger partial charge in [-0.15, -0.1) is 6.58 Å². The molecular formula is C17H26N6O. The lowest BCUT2D eigenvalue weighted by atomic mass is 10.3. The van der Waals surface area contributed by atoms with Gasteiger partial charge in [0.25, 0.3) is 0 Å². The zero-order valence-corrected chi connectivity index (χ0v) is 14.5. The Morgan fingerprint density at radius 1 is 1.38 bits per heavy atom. The van der Waals surface area contributed by atoms with Gasteiger partial charge < -0.3 is 20.0 Å². The van der Waals surface area contributed by atoms with E-state index in [-0.39, 0.29) is 12.5 Å². The van der Waals surface area contributed by atoms with Gasteiger partial charge in [-0.3, -0.25) is 4.79 Å². The molecule has 0 bridgehead atoms. The van der Waals surface area contributed by atoms with Crippen molar-refractivity contribution in [1.29, 1.82) is 0 Å². The van der Waals surface area contributed by atoms with Crippen LogP contribution in [0.2, 0.25) is 0 Å². The summed E-state index contributed by atoms with van der Waals surface area (Å²) in [5, 5.41) is 3.24. The summed E-state index contributed by atoms with van der Waals surface area (Å²) in [5.74, 6) is 1.74. The maximum atomic E-state index is 11.8. The molecule has 7 nitrogen and oxygen atoms in total. The Labute approximate surface area is 143 Å². The first-order valence-electron chi connectivity index (χ1n) is 8.12. The van der Waals surface area contributed by atoms with Crippen LogP contribution in [0.15, 0.2) is 42.0 Å². The number of hydrogen-bond acceptors (Lipinski definition) is 4. The van der Waals surface area contributed by atoms with Crippen LogP contribution in [-0.4, -0.2) is 80.0 Å². The molecule has 1 aromatic rings. The Bertz CT molecular complexity index is 564. The van der Waals surface area contributed by atoms with E-state index in [4.69, 9.17) is 0 Å². The molecule has 1 aromatic heterocycles. The molecule has 1 saturated heterocycles. The first kappa shape index (κ1) is 17.8. The lowest BCUT2D eigenvalue weighted by Crippen LogP contribution is -2.53. The number of carbonyl (C=O) groups is 1. The minimum absolute atomic E-state index is 0.0139. The number of nitrogens with zero attached hydrogens (tertiary/aromatic N) is 5. The summed E-state index contributed by atoms with van der Waals surface area (Å²) in [7, 11) is 3.47. The molecule has 0 spiro atoms. The molecule has 0 radical (unpaired) electrons. The molecule has 1 aliphatic heterocycles. The molecule has 0 atom stereocenters. The summed E-state index contributed by atoms with van der Waals surface area (Å²) in [6, 6.07) is 5.95. The second kappa shape index (κ2) is 8.90. The zero-order chi connectivity index (χ0) is 17.4. The number of nitrogens with one attached hydrogen (secondary N) is 1. The fourth-order valence-corrected chi connectivity index (χ4v) is 2.40. The summed E-state index contributed by atoms with van der Waals surface area (Å²) in [4.78, 5) is 26.6. The third-order valence-corrected chi connectivity index (χ3v) is 3.82. The normalized spacial score (nSPS) is 15.2. The van der Waals surface area contributed by atoms with Crippen molar-refractivity contribution < 1.29 is 4.79 Å². The highest BCUT2D eigenvalue weighted by atomic mass is 16.2. The number of pyridine rings is 1. The second-order valence-electron chi connectivity index (χ2n) is 5.76. The third kappa shape index (κ3) is 4.97. The minimum atomic E-state index is -0.0139. The number of carbonyl (C=O) groups excluding carboxylic acids is 1. The van der Waals surface area contributed by atoms with Gasteiger partial charge in [-0.2, -0.15) is 0 Å². The van der Waals surface area contributed by atoms with E-state index in [9.17, 15) is 4.79 Å². The van der Waals surface area contributed by atoms with Crippen LogP contribution in [0.5, 0.6) is 0 Å². The number of amides is 1. The Morgan fingerprint density at radius 2 is 2.12 bits per heavy atom. The molecule has 2 rings (SSSR count). The molecule has 0 unspecified atom stereocenters. The molecule has 1 N–H and O–H groups in total. The van der Waals surface area contributed by atoms with Crippen LogP contribution >= 0.6 is 0 Å². The quantitative estimate of drug-likeness (QED) is 0.482. The van der Waals surface area contributed by atoms with Crippen LogP contribution in [0.25, 0.3) is 0 Å². The number of hydrogen-bond donors (Lipinski definition) is 1. The molecule has 1 fully saturated rings. The molecule has 130 valence electrons. The second-order valence-corrected chi connectivity index (χ2v) is 5.76. The monoisotopic (exact) mass is 330 g/mol. The lowest BCUT2D eigenvalue weighted by molar-refractivity contribution is -0.127. The van der Waals surface area contributed by atoms with Crippen LogP contribution < -0.4 is 10.2 Å². The molecule has 0 aliphatic carbocycles. The highest BCUT2D eigenvalue weighted by Gasteiger charge is 2.20. The average molecular weight is 330 g/mol. The Morgan fingerprint density at radius 3 is 2.71 bits per heavy atom. The van der Waals surface area contributed by atoms with E-state index in [0.717, 1.165) is 38.0 Å². The number of aromatic nitrogens is 1. The molecule has 0 aromatic carbocycles. The van der Waals surface area contributed by atoms with Gasteiger partial charge in [0.05, 0.1) is 0 Å². The summed E-state index contributed by atoms with van der Waals surface area (Å²) in [5.41, 5.74) is 0. The van der Waals surface area contributed by atoms with E-state index in [2.05, 4.69) is 31.7 Å². The Balaban J connectivity index is 1.97. The van der Waals surface area contributed by atoms with Crippen LogP contribution in [0.4, 0.5) is 5.82 Å². The molecule has 1 aliphatic rings. The Kier molecular flexibility index (Phi) is 6.60. The van der Waals surface area contributed by atoms with Crippen molar-refractivity contribution in [2.24, 2.45) is 4.99 Å². The highest BCUT2D eigenvalue weighted by molar-refractivity contribution is 5.85. The number of guanidine groups is 1. The van der Waals surface area contributed by atoms with Gasteiger partial charge in [0.2, 0.25) is 5.91 Å². The Hall–Kier alpha value is -2.57. The third-order valence-electron chi connectivity index (χ3n) is 3.82. The van der Waals surface area contributed by atoms with E-state index in [1.807, 2.05) is 24.4 Å². The smallest absolute Gasteiger partial charge is 0.243 e. The van der Waals surface area contributed by atoms with Gasteiger partial charge in [-0.25, -0.2) is 9.98 Å². The van der Waals surface area contributed by atoms with E-state index in [0.29, 0.717) is 6.54 Å². The van der Waals surface area contributed by atoms with Crippen molar-refractivity contribution in [3.8, 4) is 0 Å². The van der Waals surface area contributed by atoms with Gasteiger partial charge in [0, 0.05) is 53.0 Å². The van der Waals surface area contributed by atoms with Gasteiger partial charge in [-0.05, 0) is 12.1 Å². The molecule has 1 amide bonds. The van der Waals surface area contributed by atoms with Gasteiger partial charge >= 0.3 is 0 Å². The van der Waals surface area contributed by atoms with E-state index in [1.54, 1.807) is 25.1 Å². The van der Waals surface area contributed by atoms with Gasteiger partial charge in [-0.1, -0.05) is 12.1 Å². The topological polar surface area (TPSA) is 64.1 Å². The van der Waals surface area contributed by atoms with Gasteiger partial charge in [0.1, 0.15) is 12.4 Å². The standard InChI is InChI=1S/C17H26N6O/c1-4-8-19-17(20-14-16(24)21(2)3)23-12-10-22(11-13-23)15-7-5-6-9-18-15/h4-7,9H,1,8,10-14H2,2-3H3,(H,19,20). The van der Waals surface area contributed by atoms with Crippen LogP contribution in [0.1, 0.15) is 0 Å². The van der Waals surface area contributed by atoms with Gasteiger partial charge in [0.15, 0.2) is 5.96 Å². The van der Waals surface area contributed by atoms with Crippen molar-refractivity contribution in [1.82, 2.24) is 20.1 Å². The van der Waals surface area contributed by atoms with E-state index in [1.165, 1.54) is 0 Å². The molecular weight excluding hydrogens is 304 g/mol. The maximum Gasteiger partial charge on any atom is 0.243 e. The predicted octanol–water partition coefficient (Wildman–Crippen LogP) is 0.423. The minimum Gasteiger partial charge on any atom is -0.353 e. The number of anilines is 1. The van der Waals surface area contributed by atoms with Crippen molar-refractivity contribution in [2.75, 3.05) is 58.3 Å². The van der Waals surface area contributed by atoms with Crippen molar-refractivity contribution in [2.45, 2.75) is 0 Å². The molecule has 24 heavy (non-hydrogen) atoms. The summed E-state index contributed by atoms with van der Waals surface area (Å²) in [6.45, 7) is 7.89. The first-order chi connectivity index (χ1) is 11.6. The molecule has 7 heteroatoms.